The lowest BCUT2D eigenvalue weighted by atomic mass is 10.1. The van der Waals surface area contributed by atoms with E-state index >= 15 is 0 Å². The quantitative estimate of drug-likeness (QED) is 0.883. The Balaban J connectivity index is 2.21. The van der Waals surface area contributed by atoms with Crippen LogP contribution in [0.2, 0.25) is 0 Å². The SMILES string of the molecule is NC(=O)C1CCN(c2ccc(Br)cc2CO)C1. The Morgan fingerprint density at radius 2 is 2.35 bits per heavy atom. The smallest absolute Gasteiger partial charge is 0.222 e. The van der Waals surface area contributed by atoms with Gasteiger partial charge in [-0.25, -0.2) is 0 Å². The highest BCUT2D eigenvalue weighted by atomic mass is 79.9. The first-order chi connectivity index (χ1) is 8.11. The van der Waals surface area contributed by atoms with Crippen molar-refractivity contribution in [3.63, 3.8) is 0 Å². The highest BCUT2D eigenvalue weighted by molar-refractivity contribution is 9.10. The molecule has 17 heavy (non-hydrogen) atoms. The van der Waals surface area contributed by atoms with Crippen molar-refractivity contribution in [3.05, 3.63) is 28.2 Å². The first-order valence-corrected chi connectivity index (χ1v) is 6.34. The van der Waals surface area contributed by atoms with Crippen molar-refractivity contribution in [3.8, 4) is 0 Å². The summed E-state index contributed by atoms with van der Waals surface area (Å²) in [7, 11) is 0. The lowest BCUT2D eigenvalue weighted by molar-refractivity contribution is -0.121. The molecule has 0 bridgehead atoms. The van der Waals surface area contributed by atoms with Gasteiger partial charge < -0.3 is 15.7 Å². The summed E-state index contributed by atoms with van der Waals surface area (Å²) in [5.74, 6) is -0.319. The van der Waals surface area contributed by atoms with Crippen LogP contribution in [0.15, 0.2) is 22.7 Å². The zero-order valence-corrected chi connectivity index (χ0v) is 11.0. The number of halogens is 1. The van der Waals surface area contributed by atoms with Gasteiger partial charge in [-0.05, 0) is 24.6 Å². The fourth-order valence-electron chi connectivity index (χ4n) is 2.20. The second-order valence-corrected chi connectivity index (χ2v) is 5.18. The first kappa shape index (κ1) is 12.4. The molecule has 1 amide bonds. The summed E-state index contributed by atoms with van der Waals surface area (Å²) in [4.78, 5) is 13.2. The number of amides is 1. The number of aliphatic hydroxyl groups excluding tert-OH is 1. The summed E-state index contributed by atoms with van der Waals surface area (Å²) < 4.78 is 0.941. The van der Waals surface area contributed by atoms with E-state index < -0.39 is 0 Å². The summed E-state index contributed by atoms with van der Waals surface area (Å²) in [5.41, 5.74) is 7.16. The monoisotopic (exact) mass is 298 g/mol. The maximum absolute atomic E-state index is 11.1. The van der Waals surface area contributed by atoms with Crippen LogP contribution in [0.1, 0.15) is 12.0 Å². The van der Waals surface area contributed by atoms with E-state index in [-0.39, 0.29) is 18.4 Å². The van der Waals surface area contributed by atoms with Gasteiger partial charge in [0, 0.05) is 28.8 Å². The molecule has 3 N–H and O–H groups in total. The molecule has 1 saturated heterocycles. The molecule has 1 unspecified atom stereocenters. The maximum Gasteiger partial charge on any atom is 0.222 e. The van der Waals surface area contributed by atoms with Crippen LogP contribution in [0.4, 0.5) is 5.69 Å². The minimum Gasteiger partial charge on any atom is -0.392 e. The molecule has 1 heterocycles. The Labute approximate surface area is 109 Å². The van der Waals surface area contributed by atoms with Gasteiger partial charge in [0.05, 0.1) is 12.5 Å². The van der Waals surface area contributed by atoms with Gasteiger partial charge in [-0.1, -0.05) is 15.9 Å². The van der Waals surface area contributed by atoms with E-state index in [1.54, 1.807) is 0 Å². The predicted molar refractivity (Wildman–Crippen MR) is 69.6 cm³/mol. The minimum absolute atomic E-state index is 0.00743. The van der Waals surface area contributed by atoms with Crippen molar-refractivity contribution < 1.29 is 9.90 Å². The van der Waals surface area contributed by atoms with Crippen molar-refractivity contribution in [2.24, 2.45) is 11.7 Å². The van der Waals surface area contributed by atoms with Crippen molar-refractivity contribution in [2.75, 3.05) is 18.0 Å². The number of aliphatic hydroxyl groups is 1. The molecule has 1 aromatic rings. The predicted octanol–water partition coefficient (Wildman–Crippen LogP) is 1.25. The van der Waals surface area contributed by atoms with Crippen LogP contribution in [-0.4, -0.2) is 24.1 Å². The van der Waals surface area contributed by atoms with Gasteiger partial charge in [0.25, 0.3) is 0 Å². The number of hydrogen-bond donors (Lipinski definition) is 2. The van der Waals surface area contributed by atoms with E-state index in [9.17, 15) is 9.90 Å². The molecule has 92 valence electrons. The Hall–Kier alpha value is -1.07. The number of benzene rings is 1. The van der Waals surface area contributed by atoms with Gasteiger partial charge in [-0.2, -0.15) is 0 Å². The summed E-state index contributed by atoms with van der Waals surface area (Å²) in [6, 6.07) is 5.79. The number of nitrogens with two attached hydrogens (primary N) is 1. The standard InChI is InChI=1S/C12H15BrN2O2/c13-10-1-2-11(9(5-10)7-16)15-4-3-8(6-15)12(14)17/h1-2,5,8,16H,3-4,6-7H2,(H2,14,17). The van der Waals surface area contributed by atoms with Crippen molar-refractivity contribution in [1.29, 1.82) is 0 Å². The Kier molecular flexibility index (Phi) is 3.69. The molecular formula is C12H15BrN2O2. The van der Waals surface area contributed by atoms with Crippen LogP contribution >= 0.6 is 15.9 Å². The molecule has 0 saturated carbocycles. The highest BCUT2D eigenvalue weighted by Crippen LogP contribution is 2.29. The summed E-state index contributed by atoms with van der Waals surface area (Å²) in [6.07, 6.45) is 0.788. The minimum atomic E-state index is -0.241. The molecule has 1 aromatic carbocycles. The van der Waals surface area contributed by atoms with E-state index in [1.807, 2.05) is 18.2 Å². The van der Waals surface area contributed by atoms with Crippen molar-refractivity contribution >= 4 is 27.5 Å². The van der Waals surface area contributed by atoms with Gasteiger partial charge in [0.1, 0.15) is 0 Å². The summed E-state index contributed by atoms with van der Waals surface area (Å²) in [6.45, 7) is 1.44. The van der Waals surface area contributed by atoms with Gasteiger partial charge in [0.2, 0.25) is 5.91 Å². The molecule has 1 aliphatic rings. The van der Waals surface area contributed by atoms with Crippen molar-refractivity contribution in [2.45, 2.75) is 13.0 Å². The van der Waals surface area contributed by atoms with E-state index in [2.05, 4.69) is 20.8 Å². The van der Waals surface area contributed by atoms with E-state index in [0.717, 1.165) is 28.7 Å². The van der Waals surface area contributed by atoms with Gasteiger partial charge in [-0.3, -0.25) is 4.79 Å². The van der Waals surface area contributed by atoms with Crippen LogP contribution in [-0.2, 0) is 11.4 Å². The molecule has 1 aliphatic heterocycles. The first-order valence-electron chi connectivity index (χ1n) is 5.55. The highest BCUT2D eigenvalue weighted by Gasteiger charge is 2.27. The molecule has 2 rings (SSSR count). The molecule has 4 nitrogen and oxygen atoms in total. The van der Waals surface area contributed by atoms with Gasteiger partial charge in [0.15, 0.2) is 0 Å². The number of carbonyl (C=O) groups is 1. The van der Waals surface area contributed by atoms with Crippen LogP contribution in [0.5, 0.6) is 0 Å². The van der Waals surface area contributed by atoms with Gasteiger partial charge >= 0.3 is 0 Å². The topological polar surface area (TPSA) is 66.6 Å². The van der Waals surface area contributed by atoms with Crippen LogP contribution < -0.4 is 10.6 Å². The maximum atomic E-state index is 11.1. The molecule has 0 radical (unpaired) electrons. The Morgan fingerprint density at radius 3 is 2.94 bits per heavy atom. The molecule has 1 fully saturated rings. The number of nitrogens with zero attached hydrogens (tertiary/aromatic N) is 1. The van der Waals surface area contributed by atoms with E-state index in [0.29, 0.717) is 6.54 Å². The zero-order chi connectivity index (χ0) is 12.4. The van der Waals surface area contributed by atoms with Crippen LogP contribution in [0.25, 0.3) is 0 Å². The third kappa shape index (κ3) is 2.61. The average molecular weight is 299 g/mol. The van der Waals surface area contributed by atoms with Crippen LogP contribution in [0, 0.1) is 5.92 Å². The Bertz CT molecular complexity index is 437. The molecule has 5 heteroatoms. The number of primary amides is 1. The zero-order valence-electron chi connectivity index (χ0n) is 9.40. The second-order valence-electron chi connectivity index (χ2n) is 4.27. The third-order valence-corrected chi connectivity index (χ3v) is 3.64. The summed E-state index contributed by atoms with van der Waals surface area (Å²) in [5, 5.41) is 9.34. The normalized spacial score (nSPS) is 19.6. The molecule has 0 aromatic heterocycles. The molecule has 0 spiro atoms. The lowest BCUT2D eigenvalue weighted by Crippen LogP contribution is -2.27. The number of anilines is 1. The number of hydrogen-bond acceptors (Lipinski definition) is 3. The van der Waals surface area contributed by atoms with E-state index in [4.69, 9.17) is 5.73 Å². The second kappa shape index (κ2) is 5.06. The number of rotatable bonds is 3. The third-order valence-electron chi connectivity index (χ3n) is 3.14. The van der Waals surface area contributed by atoms with Crippen molar-refractivity contribution in [1.82, 2.24) is 0 Å². The van der Waals surface area contributed by atoms with E-state index in [1.165, 1.54) is 0 Å². The lowest BCUT2D eigenvalue weighted by Gasteiger charge is -2.21. The number of carbonyl (C=O) groups excluding carboxylic acids is 1. The average Bonchev–Trinajstić information content (AvgIpc) is 2.78. The fourth-order valence-corrected chi connectivity index (χ4v) is 2.61. The van der Waals surface area contributed by atoms with Crippen LogP contribution in [0.3, 0.4) is 0 Å². The Morgan fingerprint density at radius 1 is 1.59 bits per heavy atom. The molecule has 1 atom stereocenters. The molecule has 0 aliphatic carbocycles. The fraction of sp³-hybridized carbons (Fsp3) is 0.417. The largest absolute Gasteiger partial charge is 0.392 e. The summed E-state index contributed by atoms with van der Waals surface area (Å²) >= 11 is 3.38. The molecular weight excluding hydrogens is 284 g/mol. The van der Waals surface area contributed by atoms with Gasteiger partial charge in [-0.15, -0.1) is 0 Å².